The molecule has 31 heavy (non-hydrogen) atoms. The van der Waals surface area contributed by atoms with Crippen LogP contribution in [-0.4, -0.2) is 27.5 Å². The summed E-state index contributed by atoms with van der Waals surface area (Å²) in [6, 6.07) is 22.5. The second-order valence-electron chi connectivity index (χ2n) is 7.39. The van der Waals surface area contributed by atoms with Crippen molar-refractivity contribution in [1.82, 2.24) is 10.0 Å². The summed E-state index contributed by atoms with van der Waals surface area (Å²) in [5.74, 6) is 0.430. The average Bonchev–Trinajstić information content (AvgIpc) is 2.77. The second kappa shape index (κ2) is 9.76. The van der Waals surface area contributed by atoms with E-state index in [0.29, 0.717) is 5.56 Å². The van der Waals surface area contributed by atoms with Crippen LogP contribution in [0.25, 0.3) is 0 Å². The molecule has 0 bridgehead atoms. The third kappa shape index (κ3) is 5.71. The van der Waals surface area contributed by atoms with Crippen LogP contribution in [0, 0.1) is 0 Å². The summed E-state index contributed by atoms with van der Waals surface area (Å²) < 4.78 is 32.4. The highest BCUT2D eigenvalue weighted by Crippen LogP contribution is 2.25. The largest absolute Gasteiger partial charge is 0.497 e. The van der Waals surface area contributed by atoms with Crippen molar-refractivity contribution in [2.24, 2.45) is 0 Å². The Morgan fingerprint density at radius 1 is 0.839 bits per heavy atom. The first-order valence-electron chi connectivity index (χ1n) is 9.92. The number of hydrogen-bond acceptors (Lipinski definition) is 4. The van der Waals surface area contributed by atoms with E-state index in [0.717, 1.165) is 16.9 Å². The molecule has 3 aromatic rings. The van der Waals surface area contributed by atoms with Gasteiger partial charge in [-0.15, -0.1) is 0 Å². The molecule has 3 rings (SSSR count). The summed E-state index contributed by atoms with van der Waals surface area (Å²) in [4.78, 5) is 13.1. The number of ether oxygens (including phenoxy) is 1. The van der Waals surface area contributed by atoms with E-state index in [9.17, 15) is 13.2 Å². The number of benzene rings is 3. The van der Waals surface area contributed by atoms with E-state index >= 15 is 0 Å². The lowest BCUT2D eigenvalue weighted by Crippen LogP contribution is -2.31. The number of sulfonamides is 1. The van der Waals surface area contributed by atoms with Crippen molar-refractivity contribution in [2.45, 2.75) is 30.8 Å². The molecule has 0 fully saturated rings. The minimum Gasteiger partial charge on any atom is -0.497 e. The maximum absolute atomic E-state index is 13.0. The molecular formula is C24H26N2O4S. The minimum absolute atomic E-state index is 0.118. The van der Waals surface area contributed by atoms with Crippen molar-refractivity contribution >= 4 is 15.9 Å². The lowest BCUT2D eigenvalue weighted by molar-refractivity contribution is 0.0943. The Kier molecular flexibility index (Phi) is 7.09. The van der Waals surface area contributed by atoms with Crippen LogP contribution in [0.4, 0.5) is 0 Å². The molecule has 1 unspecified atom stereocenters. The number of amides is 1. The van der Waals surface area contributed by atoms with Crippen LogP contribution in [0.15, 0.2) is 83.8 Å². The number of carbonyl (C=O) groups is 1. The molecular weight excluding hydrogens is 412 g/mol. The highest BCUT2D eigenvalue weighted by atomic mass is 32.2. The third-order valence-electron chi connectivity index (χ3n) is 4.68. The van der Waals surface area contributed by atoms with Gasteiger partial charge in [-0.25, -0.2) is 13.1 Å². The lowest BCUT2D eigenvalue weighted by Gasteiger charge is -2.20. The molecule has 1 amide bonds. The number of rotatable bonds is 8. The number of hydrogen-bond donors (Lipinski definition) is 2. The fourth-order valence-corrected chi connectivity index (χ4v) is 4.43. The number of nitrogens with one attached hydrogen (secondary N) is 2. The molecule has 0 aliphatic rings. The van der Waals surface area contributed by atoms with E-state index in [2.05, 4.69) is 10.0 Å². The highest BCUT2D eigenvalue weighted by Gasteiger charge is 2.20. The summed E-state index contributed by atoms with van der Waals surface area (Å²) in [6.45, 7) is 3.50. The van der Waals surface area contributed by atoms with E-state index in [1.165, 1.54) is 24.3 Å². The van der Waals surface area contributed by atoms with Gasteiger partial charge in [-0.2, -0.15) is 0 Å². The molecule has 0 saturated heterocycles. The zero-order chi connectivity index (χ0) is 22.4. The molecule has 6 nitrogen and oxygen atoms in total. The van der Waals surface area contributed by atoms with Crippen LogP contribution >= 0.6 is 0 Å². The van der Waals surface area contributed by atoms with Gasteiger partial charge in [-0.1, -0.05) is 42.5 Å². The Morgan fingerprint density at radius 2 is 1.42 bits per heavy atom. The van der Waals surface area contributed by atoms with Gasteiger partial charge in [0.25, 0.3) is 5.91 Å². The molecule has 0 saturated carbocycles. The fourth-order valence-electron chi connectivity index (χ4n) is 3.18. The number of carbonyl (C=O) groups excluding carboxylic acids is 1. The summed E-state index contributed by atoms with van der Waals surface area (Å²) >= 11 is 0. The molecule has 1 atom stereocenters. The first-order valence-corrected chi connectivity index (χ1v) is 11.4. The van der Waals surface area contributed by atoms with Crippen LogP contribution in [-0.2, 0) is 10.0 Å². The lowest BCUT2D eigenvalue weighted by atomic mass is 9.98. The second-order valence-corrected chi connectivity index (χ2v) is 9.10. The van der Waals surface area contributed by atoms with Gasteiger partial charge in [0.1, 0.15) is 5.75 Å². The van der Waals surface area contributed by atoms with Gasteiger partial charge in [-0.05, 0) is 61.4 Å². The Bertz CT molecular complexity index is 1110. The SMILES string of the molecule is COc1ccc(C(NC(=O)c2ccc(S(=O)(=O)NC(C)C)cc2)c2ccccc2)cc1. The smallest absolute Gasteiger partial charge is 0.252 e. The standard InChI is InChI=1S/C24H26N2O4S/c1-17(2)26-31(28,29)22-15-11-20(12-16-22)24(27)25-23(18-7-5-4-6-8-18)19-9-13-21(30-3)14-10-19/h4-17,23,26H,1-3H3,(H,25,27). The van der Waals surface area contributed by atoms with E-state index in [1.807, 2.05) is 54.6 Å². The van der Waals surface area contributed by atoms with Gasteiger partial charge in [0.05, 0.1) is 18.0 Å². The molecule has 0 aromatic heterocycles. The summed E-state index contributed by atoms with van der Waals surface area (Å²) in [5, 5.41) is 3.05. The molecule has 3 aromatic carbocycles. The first-order chi connectivity index (χ1) is 14.8. The van der Waals surface area contributed by atoms with Crippen molar-refractivity contribution in [3.63, 3.8) is 0 Å². The maximum atomic E-state index is 13.0. The van der Waals surface area contributed by atoms with E-state index in [-0.39, 0.29) is 22.9 Å². The Balaban J connectivity index is 1.85. The topological polar surface area (TPSA) is 84.5 Å². The predicted octanol–water partition coefficient (Wildman–Crippen LogP) is 3.90. The Morgan fingerprint density at radius 3 is 1.97 bits per heavy atom. The van der Waals surface area contributed by atoms with Gasteiger partial charge in [0.15, 0.2) is 0 Å². The first kappa shape index (κ1) is 22.5. The average molecular weight is 439 g/mol. The number of methoxy groups -OCH3 is 1. The fraction of sp³-hybridized carbons (Fsp3) is 0.208. The molecule has 0 aliphatic carbocycles. The Labute approximate surface area is 183 Å². The predicted molar refractivity (Wildman–Crippen MR) is 121 cm³/mol. The molecule has 0 spiro atoms. The van der Waals surface area contributed by atoms with Crippen molar-refractivity contribution < 1.29 is 17.9 Å². The highest BCUT2D eigenvalue weighted by molar-refractivity contribution is 7.89. The van der Waals surface area contributed by atoms with Gasteiger partial charge >= 0.3 is 0 Å². The van der Waals surface area contributed by atoms with Crippen LogP contribution in [0.2, 0.25) is 0 Å². The van der Waals surface area contributed by atoms with E-state index < -0.39 is 10.0 Å². The summed E-state index contributed by atoms with van der Waals surface area (Å²) in [5.41, 5.74) is 2.21. The minimum atomic E-state index is -3.61. The quantitative estimate of drug-likeness (QED) is 0.559. The summed E-state index contributed by atoms with van der Waals surface area (Å²) in [7, 11) is -2.01. The van der Waals surface area contributed by atoms with Crippen molar-refractivity contribution in [1.29, 1.82) is 0 Å². The normalized spacial score (nSPS) is 12.4. The van der Waals surface area contributed by atoms with E-state index in [1.54, 1.807) is 21.0 Å². The summed E-state index contributed by atoms with van der Waals surface area (Å²) in [6.07, 6.45) is 0. The van der Waals surface area contributed by atoms with Crippen LogP contribution in [0.1, 0.15) is 41.4 Å². The molecule has 0 aliphatic heterocycles. The van der Waals surface area contributed by atoms with Crippen LogP contribution in [0.5, 0.6) is 5.75 Å². The van der Waals surface area contributed by atoms with E-state index in [4.69, 9.17) is 4.74 Å². The third-order valence-corrected chi connectivity index (χ3v) is 6.35. The molecule has 2 N–H and O–H groups in total. The molecule has 0 heterocycles. The zero-order valence-corrected chi connectivity index (χ0v) is 18.5. The zero-order valence-electron chi connectivity index (χ0n) is 17.7. The maximum Gasteiger partial charge on any atom is 0.252 e. The van der Waals surface area contributed by atoms with Gasteiger partial charge in [0.2, 0.25) is 10.0 Å². The molecule has 162 valence electrons. The van der Waals surface area contributed by atoms with Crippen molar-refractivity contribution in [3.05, 3.63) is 95.6 Å². The van der Waals surface area contributed by atoms with Gasteiger partial charge < -0.3 is 10.1 Å². The van der Waals surface area contributed by atoms with Crippen LogP contribution < -0.4 is 14.8 Å². The van der Waals surface area contributed by atoms with Crippen molar-refractivity contribution in [3.8, 4) is 5.75 Å². The Hall–Kier alpha value is -3.16. The van der Waals surface area contributed by atoms with Gasteiger partial charge in [-0.3, -0.25) is 4.79 Å². The molecule has 7 heteroatoms. The van der Waals surface area contributed by atoms with Gasteiger partial charge in [0, 0.05) is 11.6 Å². The molecule has 0 radical (unpaired) electrons. The monoisotopic (exact) mass is 438 g/mol. The van der Waals surface area contributed by atoms with Crippen molar-refractivity contribution in [2.75, 3.05) is 7.11 Å². The van der Waals surface area contributed by atoms with Crippen LogP contribution in [0.3, 0.4) is 0 Å².